The maximum absolute atomic E-state index is 11.5. The summed E-state index contributed by atoms with van der Waals surface area (Å²) in [5.41, 5.74) is 6.97. The van der Waals surface area contributed by atoms with E-state index in [4.69, 9.17) is 10.5 Å². The van der Waals surface area contributed by atoms with Crippen molar-refractivity contribution in [3.05, 3.63) is 18.2 Å². The molecular weight excluding hydrogens is 272 g/mol. The molecule has 1 amide bonds. The van der Waals surface area contributed by atoms with Crippen molar-refractivity contribution in [1.82, 2.24) is 0 Å². The third kappa shape index (κ3) is 5.51. The lowest BCUT2D eigenvalue weighted by Gasteiger charge is -2.08. The van der Waals surface area contributed by atoms with Crippen LogP contribution in [0.5, 0.6) is 5.75 Å². The van der Waals surface area contributed by atoms with Gasteiger partial charge >= 0.3 is 0 Å². The number of rotatable bonds is 6. The highest BCUT2D eigenvalue weighted by molar-refractivity contribution is 7.99. The van der Waals surface area contributed by atoms with Crippen LogP contribution in [0.1, 0.15) is 13.3 Å². The fourth-order valence-electron chi connectivity index (χ4n) is 1.32. The van der Waals surface area contributed by atoms with E-state index in [1.807, 2.05) is 0 Å². The van der Waals surface area contributed by atoms with E-state index in [0.717, 1.165) is 12.2 Å². The number of nitrogens with two attached hydrogens (primary N) is 1. The molecular formula is C12H19ClN2O2S. The average Bonchev–Trinajstić information content (AvgIpc) is 2.29. The highest BCUT2D eigenvalue weighted by Gasteiger charge is 2.04. The van der Waals surface area contributed by atoms with Gasteiger partial charge in [0.2, 0.25) is 5.91 Å². The molecule has 0 unspecified atom stereocenters. The van der Waals surface area contributed by atoms with Crippen LogP contribution in [0.4, 0.5) is 11.4 Å². The van der Waals surface area contributed by atoms with Gasteiger partial charge in [0, 0.05) is 5.69 Å². The van der Waals surface area contributed by atoms with Gasteiger partial charge in [0.25, 0.3) is 0 Å². The van der Waals surface area contributed by atoms with Gasteiger partial charge in [0.05, 0.1) is 18.6 Å². The van der Waals surface area contributed by atoms with Crippen LogP contribution in [0.25, 0.3) is 0 Å². The summed E-state index contributed by atoms with van der Waals surface area (Å²) in [5.74, 6) is 2.08. The van der Waals surface area contributed by atoms with Gasteiger partial charge < -0.3 is 15.8 Å². The number of anilines is 2. The molecule has 1 rings (SSSR count). The van der Waals surface area contributed by atoms with Gasteiger partial charge in [-0.1, -0.05) is 6.92 Å². The van der Waals surface area contributed by atoms with Crippen LogP contribution in [-0.4, -0.2) is 24.5 Å². The molecule has 3 N–H and O–H groups in total. The Morgan fingerprint density at radius 1 is 1.50 bits per heavy atom. The van der Waals surface area contributed by atoms with Crippen molar-refractivity contribution < 1.29 is 9.53 Å². The van der Waals surface area contributed by atoms with Crippen molar-refractivity contribution >= 4 is 41.5 Å². The van der Waals surface area contributed by atoms with Crippen LogP contribution in [0.3, 0.4) is 0 Å². The van der Waals surface area contributed by atoms with Crippen molar-refractivity contribution in [1.29, 1.82) is 0 Å². The second-order valence-electron chi connectivity index (χ2n) is 3.56. The summed E-state index contributed by atoms with van der Waals surface area (Å²) < 4.78 is 5.04. The monoisotopic (exact) mass is 290 g/mol. The number of thioether (sulfide) groups is 1. The van der Waals surface area contributed by atoms with Gasteiger partial charge in [-0.25, -0.2) is 0 Å². The summed E-state index contributed by atoms with van der Waals surface area (Å²) in [6.45, 7) is 2.09. The molecule has 0 radical (unpaired) electrons. The number of ether oxygens (including phenoxy) is 1. The molecule has 0 heterocycles. The quantitative estimate of drug-likeness (QED) is 0.625. The summed E-state index contributed by atoms with van der Waals surface area (Å²) in [6.07, 6.45) is 1.08. The lowest BCUT2D eigenvalue weighted by atomic mass is 10.2. The normalized spacial score (nSPS) is 9.44. The molecule has 0 saturated carbocycles. The van der Waals surface area contributed by atoms with Gasteiger partial charge in [-0.05, 0) is 30.4 Å². The number of hydrogen-bond acceptors (Lipinski definition) is 4. The van der Waals surface area contributed by atoms with E-state index < -0.39 is 0 Å². The predicted molar refractivity (Wildman–Crippen MR) is 80.9 cm³/mol. The van der Waals surface area contributed by atoms with E-state index in [-0.39, 0.29) is 18.3 Å². The number of nitrogen functional groups attached to an aromatic ring is 1. The molecule has 6 heteroatoms. The largest absolute Gasteiger partial charge is 0.495 e. The summed E-state index contributed by atoms with van der Waals surface area (Å²) in [4.78, 5) is 11.5. The average molecular weight is 291 g/mol. The first-order valence-corrected chi connectivity index (χ1v) is 6.64. The van der Waals surface area contributed by atoms with E-state index in [2.05, 4.69) is 12.2 Å². The fourth-order valence-corrected chi connectivity index (χ4v) is 2.01. The highest BCUT2D eigenvalue weighted by Crippen LogP contribution is 2.24. The molecule has 1 aromatic carbocycles. The molecule has 0 aliphatic carbocycles. The summed E-state index contributed by atoms with van der Waals surface area (Å²) in [5, 5.41) is 2.80. The maximum Gasteiger partial charge on any atom is 0.234 e. The second kappa shape index (κ2) is 8.94. The lowest BCUT2D eigenvalue weighted by molar-refractivity contribution is -0.113. The Balaban J connectivity index is 0.00000289. The van der Waals surface area contributed by atoms with Crippen molar-refractivity contribution in [3.8, 4) is 5.75 Å². The first-order valence-electron chi connectivity index (χ1n) is 5.48. The van der Waals surface area contributed by atoms with Crippen molar-refractivity contribution in [3.63, 3.8) is 0 Å². The van der Waals surface area contributed by atoms with Crippen LogP contribution in [0.2, 0.25) is 0 Å². The standard InChI is InChI=1S/C12H18N2O2S.ClH/c1-3-6-17-8-12(15)14-9-4-5-11(16-2)10(13)7-9;/h4-5,7H,3,6,8,13H2,1-2H3,(H,14,15);1H. The van der Waals surface area contributed by atoms with Crippen molar-refractivity contribution in [2.75, 3.05) is 29.7 Å². The molecule has 0 aromatic heterocycles. The number of carbonyl (C=O) groups excluding carboxylic acids is 1. The second-order valence-corrected chi connectivity index (χ2v) is 4.66. The zero-order valence-corrected chi connectivity index (χ0v) is 12.2. The summed E-state index contributed by atoms with van der Waals surface area (Å²) >= 11 is 1.62. The highest BCUT2D eigenvalue weighted by atomic mass is 35.5. The molecule has 1 aromatic rings. The number of hydrogen-bond donors (Lipinski definition) is 2. The molecule has 4 nitrogen and oxygen atoms in total. The van der Waals surface area contributed by atoms with Gasteiger partial charge in [-0.15, -0.1) is 12.4 Å². The third-order valence-corrected chi connectivity index (χ3v) is 3.26. The minimum atomic E-state index is -0.00647. The van der Waals surface area contributed by atoms with Crippen LogP contribution in [0, 0.1) is 0 Å². The molecule has 0 bridgehead atoms. The summed E-state index contributed by atoms with van der Waals surface area (Å²) in [6, 6.07) is 5.21. The zero-order chi connectivity index (χ0) is 12.7. The molecule has 0 atom stereocenters. The van der Waals surface area contributed by atoms with Gasteiger partial charge in [0.1, 0.15) is 5.75 Å². The molecule has 0 aliphatic heterocycles. The SMILES string of the molecule is CCCSCC(=O)Nc1ccc(OC)c(N)c1.Cl. The van der Waals surface area contributed by atoms with Gasteiger partial charge in [-0.3, -0.25) is 4.79 Å². The molecule has 0 fully saturated rings. The van der Waals surface area contributed by atoms with E-state index >= 15 is 0 Å². The van der Waals surface area contributed by atoms with Crippen molar-refractivity contribution in [2.45, 2.75) is 13.3 Å². The number of carbonyl (C=O) groups is 1. The first kappa shape index (κ1) is 16.9. The van der Waals surface area contributed by atoms with E-state index in [1.54, 1.807) is 37.1 Å². The van der Waals surface area contributed by atoms with Crippen LogP contribution in [-0.2, 0) is 4.79 Å². The Hall–Kier alpha value is -1.07. The Kier molecular flexibility index (Phi) is 8.41. The Morgan fingerprint density at radius 3 is 2.78 bits per heavy atom. The number of amides is 1. The van der Waals surface area contributed by atoms with E-state index in [0.29, 0.717) is 22.9 Å². The molecule has 0 aliphatic rings. The third-order valence-electron chi connectivity index (χ3n) is 2.10. The molecule has 0 spiro atoms. The topological polar surface area (TPSA) is 64.3 Å². The van der Waals surface area contributed by atoms with Crippen LogP contribution < -0.4 is 15.8 Å². The minimum Gasteiger partial charge on any atom is -0.495 e. The smallest absolute Gasteiger partial charge is 0.234 e. The number of nitrogens with one attached hydrogen (secondary N) is 1. The zero-order valence-electron chi connectivity index (χ0n) is 10.6. The number of benzene rings is 1. The lowest BCUT2D eigenvalue weighted by Crippen LogP contribution is -2.14. The van der Waals surface area contributed by atoms with Crippen LogP contribution in [0.15, 0.2) is 18.2 Å². The minimum absolute atomic E-state index is 0. The van der Waals surface area contributed by atoms with E-state index in [1.165, 1.54) is 0 Å². The van der Waals surface area contributed by atoms with Gasteiger partial charge in [0.15, 0.2) is 0 Å². The van der Waals surface area contributed by atoms with Crippen molar-refractivity contribution in [2.24, 2.45) is 0 Å². The van der Waals surface area contributed by atoms with Gasteiger partial charge in [-0.2, -0.15) is 11.8 Å². The Morgan fingerprint density at radius 2 is 2.22 bits per heavy atom. The first-order chi connectivity index (χ1) is 8.17. The predicted octanol–water partition coefficient (Wildman–Crippen LogP) is 2.78. The molecule has 0 saturated heterocycles. The fraction of sp³-hybridized carbons (Fsp3) is 0.417. The number of halogens is 1. The Labute approximate surface area is 118 Å². The van der Waals surface area contributed by atoms with Crippen LogP contribution >= 0.6 is 24.2 Å². The molecule has 102 valence electrons. The van der Waals surface area contributed by atoms with E-state index in [9.17, 15) is 4.79 Å². The Bertz CT molecular complexity index is 388. The summed E-state index contributed by atoms with van der Waals surface area (Å²) in [7, 11) is 1.56. The number of methoxy groups -OCH3 is 1. The molecule has 18 heavy (non-hydrogen) atoms. The maximum atomic E-state index is 11.5.